The van der Waals surface area contributed by atoms with Crippen molar-refractivity contribution in [3.63, 3.8) is 0 Å². The lowest BCUT2D eigenvalue weighted by Crippen LogP contribution is -2.40. The van der Waals surface area contributed by atoms with Crippen LogP contribution in [0.5, 0.6) is 11.5 Å². The van der Waals surface area contributed by atoms with Crippen molar-refractivity contribution in [2.24, 2.45) is 0 Å². The van der Waals surface area contributed by atoms with Crippen molar-refractivity contribution in [3.05, 3.63) is 59.7 Å². The molecule has 4 rings (SSSR count). The molecule has 2 aromatic carbocycles. The molecule has 0 atom stereocenters. The Labute approximate surface area is 178 Å². The molecule has 0 aliphatic carbocycles. The zero-order valence-electron chi connectivity index (χ0n) is 16.9. The number of benzene rings is 2. The number of amides is 2. The van der Waals surface area contributed by atoms with Gasteiger partial charge in [-0.3, -0.25) is 14.5 Å². The van der Waals surface area contributed by atoms with Gasteiger partial charge in [0.2, 0.25) is 5.91 Å². The molecule has 2 heterocycles. The molecule has 7 nitrogen and oxygen atoms in total. The minimum atomic E-state index is -3.78. The average Bonchev–Trinajstić information content (AvgIpc) is 2.91. The maximum atomic E-state index is 13.4. The molecule has 2 aliphatic rings. The molecular weight excluding hydrogens is 408 g/mol. The number of para-hydroxylation sites is 1. The van der Waals surface area contributed by atoms with E-state index in [1.54, 1.807) is 4.90 Å². The second-order valence-electron chi connectivity index (χ2n) is 7.48. The van der Waals surface area contributed by atoms with Crippen molar-refractivity contribution in [1.29, 1.82) is 0 Å². The van der Waals surface area contributed by atoms with Crippen LogP contribution in [-0.4, -0.2) is 60.6 Å². The number of carbonyl (C=O) groups excluding carboxylic acids is 2. The summed E-state index contributed by atoms with van der Waals surface area (Å²) in [6.45, 7) is 2.70. The smallest absolute Gasteiger partial charge is 0.395 e. The Morgan fingerprint density at radius 3 is 2.58 bits per heavy atom. The summed E-state index contributed by atoms with van der Waals surface area (Å²) in [4.78, 5) is 28.8. The van der Waals surface area contributed by atoms with E-state index in [0.29, 0.717) is 39.1 Å². The standard InChI is InChI=1S/C22H23F2N3O4/c23-22(24)30-18-9-4-8-17(20(18)31-22)21(29)27-11-5-10-26(12-13-27)15-19(28)25-14-16-6-2-1-3-7-16/h1-4,6-9H,5,10-15H2,(H,25,28). The SMILES string of the molecule is O=C(CN1CCCN(C(=O)c2cccc3c2OC(F)(F)O3)CC1)NCc1ccccc1. The lowest BCUT2D eigenvalue weighted by atomic mass is 10.1. The van der Waals surface area contributed by atoms with E-state index < -0.39 is 12.2 Å². The van der Waals surface area contributed by atoms with Gasteiger partial charge in [0.15, 0.2) is 11.5 Å². The molecule has 1 saturated heterocycles. The van der Waals surface area contributed by atoms with Gasteiger partial charge in [0, 0.05) is 32.7 Å². The molecule has 9 heteroatoms. The van der Waals surface area contributed by atoms with Crippen molar-refractivity contribution in [2.45, 2.75) is 19.3 Å². The third-order valence-corrected chi connectivity index (χ3v) is 5.23. The Morgan fingerprint density at radius 1 is 0.968 bits per heavy atom. The molecule has 1 N–H and O–H groups in total. The quantitative estimate of drug-likeness (QED) is 0.788. The highest BCUT2D eigenvalue weighted by atomic mass is 19.3. The Morgan fingerprint density at radius 2 is 1.77 bits per heavy atom. The fraction of sp³-hybridized carbons (Fsp3) is 0.364. The van der Waals surface area contributed by atoms with Crippen LogP contribution in [0.15, 0.2) is 48.5 Å². The molecule has 31 heavy (non-hydrogen) atoms. The lowest BCUT2D eigenvalue weighted by molar-refractivity contribution is -0.286. The Balaban J connectivity index is 1.32. The Kier molecular flexibility index (Phi) is 6.03. The van der Waals surface area contributed by atoms with Crippen LogP contribution in [-0.2, 0) is 11.3 Å². The summed E-state index contributed by atoms with van der Waals surface area (Å²) in [6, 6.07) is 13.9. The summed E-state index contributed by atoms with van der Waals surface area (Å²) in [7, 11) is 0. The molecule has 0 spiro atoms. The summed E-state index contributed by atoms with van der Waals surface area (Å²) in [6.07, 6.45) is -3.11. The van der Waals surface area contributed by atoms with Gasteiger partial charge in [0.05, 0.1) is 12.1 Å². The third-order valence-electron chi connectivity index (χ3n) is 5.23. The van der Waals surface area contributed by atoms with Crippen LogP contribution in [0.2, 0.25) is 0 Å². The first-order valence-corrected chi connectivity index (χ1v) is 10.1. The largest absolute Gasteiger partial charge is 0.586 e. The van der Waals surface area contributed by atoms with E-state index in [4.69, 9.17) is 0 Å². The highest BCUT2D eigenvalue weighted by Gasteiger charge is 2.45. The number of halogens is 2. The van der Waals surface area contributed by atoms with Crippen LogP contribution in [0, 0.1) is 0 Å². The molecule has 0 radical (unpaired) electrons. The Bertz CT molecular complexity index is 955. The topological polar surface area (TPSA) is 71.1 Å². The van der Waals surface area contributed by atoms with Crippen molar-refractivity contribution in [2.75, 3.05) is 32.7 Å². The molecule has 0 bridgehead atoms. The van der Waals surface area contributed by atoms with E-state index in [1.807, 2.05) is 35.2 Å². The van der Waals surface area contributed by atoms with Crippen LogP contribution in [0.4, 0.5) is 8.78 Å². The number of nitrogens with zero attached hydrogens (tertiary/aromatic N) is 2. The van der Waals surface area contributed by atoms with Gasteiger partial charge in [-0.25, -0.2) is 0 Å². The van der Waals surface area contributed by atoms with Crippen LogP contribution >= 0.6 is 0 Å². The maximum absolute atomic E-state index is 13.4. The van der Waals surface area contributed by atoms with E-state index in [-0.39, 0.29) is 29.5 Å². The fourth-order valence-electron chi connectivity index (χ4n) is 3.70. The van der Waals surface area contributed by atoms with Gasteiger partial charge >= 0.3 is 6.29 Å². The first-order valence-electron chi connectivity index (χ1n) is 10.1. The number of fused-ring (bicyclic) bond motifs is 1. The Hall–Kier alpha value is -3.20. The van der Waals surface area contributed by atoms with Gasteiger partial charge in [-0.15, -0.1) is 8.78 Å². The summed E-state index contributed by atoms with van der Waals surface area (Å²) in [5.41, 5.74) is 1.07. The second kappa shape index (κ2) is 8.89. The molecule has 2 aromatic rings. The zero-order chi connectivity index (χ0) is 21.8. The van der Waals surface area contributed by atoms with Crippen molar-refractivity contribution >= 4 is 11.8 Å². The number of rotatable bonds is 5. The van der Waals surface area contributed by atoms with Gasteiger partial charge in [0.1, 0.15) is 0 Å². The number of ether oxygens (including phenoxy) is 2. The van der Waals surface area contributed by atoms with Crippen molar-refractivity contribution in [1.82, 2.24) is 15.1 Å². The van der Waals surface area contributed by atoms with Gasteiger partial charge in [-0.2, -0.15) is 0 Å². The second-order valence-corrected chi connectivity index (χ2v) is 7.48. The number of hydrogen-bond donors (Lipinski definition) is 1. The molecule has 0 saturated carbocycles. The summed E-state index contributed by atoms with van der Waals surface area (Å²) >= 11 is 0. The highest BCUT2D eigenvalue weighted by Crippen LogP contribution is 2.43. The molecular formula is C22H23F2N3O4. The van der Waals surface area contributed by atoms with Crippen LogP contribution in [0.3, 0.4) is 0 Å². The van der Waals surface area contributed by atoms with Crippen molar-refractivity contribution < 1.29 is 27.8 Å². The monoisotopic (exact) mass is 431 g/mol. The van der Waals surface area contributed by atoms with Gasteiger partial charge < -0.3 is 19.7 Å². The minimum absolute atomic E-state index is 0.0451. The first-order chi connectivity index (χ1) is 14.9. The number of hydrogen-bond acceptors (Lipinski definition) is 5. The molecule has 0 aromatic heterocycles. The number of alkyl halides is 2. The summed E-state index contributed by atoms with van der Waals surface area (Å²) < 4.78 is 35.8. The fourth-order valence-corrected chi connectivity index (χ4v) is 3.70. The van der Waals surface area contributed by atoms with Gasteiger partial charge in [-0.1, -0.05) is 36.4 Å². The van der Waals surface area contributed by atoms with E-state index >= 15 is 0 Å². The zero-order valence-corrected chi connectivity index (χ0v) is 16.9. The molecule has 1 fully saturated rings. The minimum Gasteiger partial charge on any atom is -0.395 e. The molecule has 0 unspecified atom stereocenters. The maximum Gasteiger partial charge on any atom is 0.586 e. The number of carbonyl (C=O) groups is 2. The van der Waals surface area contributed by atoms with Gasteiger partial charge in [-0.05, 0) is 24.1 Å². The van der Waals surface area contributed by atoms with Crippen LogP contribution in [0.25, 0.3) is 0 Å². The predicted octanol–water partition coefficient (Wildman–Crippen LogP) is 2.47. The van der Waals surface area contributed by atoms with Gasteiger partial charge in [0.25, 0.3) is 5.91 Å². The summed E-state index contributed by atoms with van der Waals surface area (Å²) in [5.74, 6) is -0.868. The third kappa shape index (κ3) is 5.11. The van der Waals surface area contributed by atoms with Crippen LogP contribution < -0.4 is 14.8 Å². The first kappa shape index (κ1) is 21.0. The van der Waals surface area contributed by atoms with Crippen LogP contribution in [0.1, 0.15) is 22.3 Å². The molecule has 164 valence electrons. The predicted molar refractivity (Wildman–Crippen MR) is 108 cm³/mol. The van der Waals surface area contributed by atoms with Crippen molar-refractivity contribution in [3.8, 4) is 11.5 Å². The normalized spacial score (nSPS) is 17.8. The number of nitrogens with one attached hydrogen (secondary N) is 1. The van der Waals surface area contributed by atoms with E-state index in [2.05, 4.69) is 14.8 Å². The molecule has 2 aliphatic heterocycles. The van der Waals surface area contributed by atoms with E-state index in [1.165, 1.54) is 18.2 Å². The molecule has 2 amide bonds. The van der Waals surface area contributed by atoms with E-state index in [9.17, 15) is 18.4 Å². The average molecular weight is 431 g/mol. The highest BCUT2D eigenvalue weighted by molar-refractivity contribution is 5.98. The summed E-state index contributed by atoms with van der Waals surface area (Å²) in [5, 5.41) is 2.90. The van der Waals surface area contributed by atoms with E-state index in [0.717, 1.165) is 5.56 Å². The lowest BCUT2D eigenvalue weighted by Gasteiger charge is -2.22.